The van der Waals surface area contributed by atoms with Crippen LogP contribution in [-0.2, 0) is 0 Å². The van der Waals surface area contributed by atoms with E-state index in [1.54, 1.807) is 17.5 Å². The highest BCUT2D eigenvalue weighted by Gasteiger charge is 2.12. The number of hydrazone groups is 1. The molecular weight excluding hydrogens is 252 g/mol. The standard InChI is InChI=1S/C15H20N4O/c1-4-11-20-14-8-6-5-7-13(14)15(17-18(2)3)19-10-9-16-12-19/h5-10,12H,4,11H2,1-3H3. The van der Waals surface area contributed by atoms with E-state index >= 15 is 0 Å². The summed E-state index contributed by atoms with van der Waals surface area (Å²) in [4.78, 5) is 4.09. The van der Waals surface area contributed by atoms with Crippen LogP contribution in [0.1, 0.15) is 18.9 Å². The van der Waals surface area contributed by atoms with Crippen LogP contribution in [-0.4, -0.2) is 41.1 Å². The van der Waals surface area contributed by atoms with Crippen LogP contribution in [0.2, 0.25) is 0 Å². The molecule has 0 saturated carbocycles. The third-order valence-electron chi connectivity index (χ3n) is 2.63. The molecule has 0 fully saturated rings. The summed E-state index contributed by atoms with van der Waals surface area (Å²) < 4.78 is 7.70. The molecular formula is C15H20N4O. The van der Waals surface area contributed by atoms with Gasteiger partial charge >= 0.3 is 0 Å². The molecule has 1 aromatic heterocycles. The van der Waals surface area contributed by atoms with E-state index in [0.717, 1.165) is 23.6 Å². The molecule has 0 spiro atoms. The Morgan fingerprint density at radius 1 is 1.35 bits per heavy atom. The van der Waals surface area contributed by atoms with E-state index in [1.807, 2.05) is 49.1 Å². The fourth-order valence-corrected chi connectivity index (χ4v) is 1.81. The summed E-state index contributed by atoms with van der Waals surface area (Å²) in [5.74, 6) is 1.63. The molecule has 0 aliphatic rings. The number of para-hydroxylation sites is 1. The Morgan fingerprint density at radius 2 is 2.15 bits per heavy atom. The normalized spacial score (nSPS) is 11.4. The summed E-state index contributed by atoms with van der Waals surface area (Å²) in [5.41, 5.74) is 0.952. The molecule has 0 aliphatic heterocycles. The molecule has 0 radical (unpaired) electrons. The smallest absolute Gasteiger partial charge is 0.168 e. The van der Waals surface area contributed by atoms with Gasteiger partial charge in [-0.3, -0.25) is 4.57 Å². The molecule has 0 bridgehead atoms. The van der Waals surface area contributed by atoms with Crippen molar-refractivity contribution in [3.63, 3.8) is 0 Å². The predicted octanol–water partition coefficient (Wildman–Crippen LogP) is 2.44. The predicted molar refractivity (Wildman–Crippen MR) is 80.1 cm³/mol. The summed E-state index contributed by atoms with van der Waals surface area (Å²) in [6, 6.07) is 7.92. The van der Waals surface area contributed by atoms with Gasteiger partial charge < -0.3 is 9.75 Å². The van der Waals surface area contributed by atoms with Gasteiger partial charge in [-0.1, -0.05) is 19.1 Å². The number of nitrogens with zero attached hydrogens (tertiary/aromatic N) is 4. The molecule has 0 atom stereocenters. The maximum atomic E-state index is 5.81. The number of hydrogen-bond donors (Lipinski definition) is 0. The molecule has 0 aliphatic carbocycles. The lowest BCUT2D eigenvalue weighted by molar-refractivity contribution is 0.316. The van der Waals surface area contributed by atoms with Gasteiger partial charge in [-0.2, -0.15) is 5.10 Å². The zero-order valence-corrected chi connectivity index (χ0v) is 12.2. The first-order valence-electron chi connectivity index (χ1n) is 6.69. The second-order valence-corrected chi connectivity index (χ2v) is 4.59. The Hall–Kier alpha value is -2.30. The molecule has 0 unspecified atom stereocenters. The molecule has 20 heavy (non-hydrogen) atoms. The summed E-state index contributed by atoms with van der Waals surface area (Å²) in [6.45, 7) is 2.78. The minimum Gasteiger partial charge on any atom is -0.493 e. The maximum Gasteiger partial charge on any atom is 0.168 e. The highest BCUT2D eigenvalue weighted by Crippen LogP contribution is 2.20. The Labute approximate surface area is 119 Å². The molecule has 2 aromatic rings. The summed E-state index contributed by atoms with van der Waals surface area (Å²) >= 11 is 0. The average molecular weight is 272 g/mol. The van der Waals surface area contributed by atoms with Crippen LogP contribution in [0.5, 0.6) is 5.75 Å². The van der Waals surface area contributed by atoms with E-state index in [1.165, 1.54) is 0 Å². The monoisotopic (exact) mass is 272 g/mol. The van der Waals surface area contributed by atoms with Gasteiger partial charge in [0.2, 0.25) is 0 Å². The van der Waals surface area contributed by atoms with Crippen molar-refractivity contribution in [2.24, 2.45) is 5.10 Å². The van der Waals surface area contributed by atoms with Crippen molar-refractivity contribution in [1.82, 2.24) is 14.6 Å². The van der Waals surface area contributed by atoms with E-state index < -0.39 is 0 Å². The van der Waals surface area contributed by atoms with Gasteiger partial charge in [-0.15, -0.1) is 0 Å². The van der Waals surface area contributed by atoms with Gasteiger partial charge in [0.15, 0.2) is 5.84 Å². The highest BCUT2D eigenvalue weighted by molar-refractivity contribution is 6.02. The number of ether oxygens (including phenoxy) is 1. The second kappa shape index (κ2) is 6.75. The highest BCUT2D eigenvalue weighted by atomic mass is 16.5. The van der Waals surface area contributed by atoms with Gasteiger partial charge in [0, 0.05) is 26.5 Å². The van der Waals surface area contributed by atoms with Crippen molar-refractivity contribution in [2.75, 3.05) is 20.7 Å². The van der Waals surface area contributed by atoms with Crippen LogP contribution in [0.4, 0.5) is 0 Å². The molecule has 1 heterocycles. The van der Waals surface area contributed by atoms with Crippen molar-refractivity contribution >= 4 is 5.84 Å². The first-order chi connectivity index (χ1) is 9.72. The van der Waals surface area contributed by atoms with Crippen LogP contribution in [0.15, 0.2) is 48.1 Å². The maximum absolute atomic E-state index is 5.81. The zero-order chi connectivity index (χ0) is 14.4. The quantitative estimate of drug-likeness (QED) is 0.477. The van der Waals surface area contributed by atoms with Crippen molar-refractivity contribution in [2.45, 2.75) is 13.3 Å². The van der Waals surface area contributed by atoms with Crippen LogP contribution in [0.3, 0.4) is 0 Å². The van der Waals surface area contributed by atoms with Gasteiger partial charge in [0.25, 0.3) is 0 Å². The van der Waals surface area contributed by atoms with Crippen LogP contribution >= 0.6 is 0 Å². The van der Waals surface area contributed by atoms with Gasteiger partial charge in [-0.25, -0.2) is 4.98 Å². The topological polar surface area (TPSA) is 42.6 Å². The molecule has 1 aromatic carbocycles. The van der Waals surface area contributed by atoms with Crippen molar-refractivity contribution < 1.29 is 4.74 Å². The van der Waals surface area contributed by atoms with Crippen molar-refractivity contribution in [3.8, 4) is 5.75 Å². The Bertz CT molecular complexity index is 561. The Kier molecular flexibility index (Phi) is 4.76. The molecule has 2 rings (SSSR count). The fraction of sp³-hybridized carbons (Fsp3) is 0.333. The molecule has 5 heteroatoms. The van der Waals surface area contributed by atoms with E-state index in [9.17, 15) is 0 Å². The number of imidazole rings is 1. The lowest BCUT2D eigenvalue weighted by Gasteiger charge is -2.15. The lowest BCUT2D eigenvalue weighted by atomic mass is 10.2. The number of hydrogen-bond acceptors (Lipinski definition) is 4. The third kappa shape index (κ3) is 3.38. The summed E-state index contributed by atoms with van der Waals surface area (Å²) in [7, 11) is 3.79. The number of aromatic nitrogens is 2. The fourth-order valence-electron chi connectivity index (χ4n) is 1.81. The third-order valence-corrected chi connectivity index (χ3v) is 2.63. The molecule has 106 valence electrons. The van der Waals surface area contributed by atoms with Gasteiger partial charge in [0.05, 0.1) is 12.2 Å². The van der Waals surface area contributed by atoms with Gasteiger partial charge in [-0.05, 0) is 18.6 Å². The van der Waals surface area contributed by atoms with E-state index in [4.69, 9.17) is 4.74 Å². The van der Waals surface area contributed by atoms with Gasteiger partial charge in [0.1, 0.15) is 12.1 Å². The van der Waals surface area contributed by atoms with Crippen molar-refractivity contribution in [1.29, 1.82) is 0 Å². The first-order valence-corrected chi connectivity index (χ1v) is 6.69. The molecule has 0 N–H and O–H groups in total. The van der Waals surface area contributed by atoms with E-state index in [-0.39, 0.29) is 0 Å². The molecule has 5 nitrogen and oxygen atoms in total. The Balaban J connectivity index is 2.44. The van der Waals surface area contributed by atoms with E-state index in [0.29, 0.717) is 6.61 Å². The minimum absolute atomic E-state index is 0.691. The second-order valence-electron chi connectivity index (χ2n) is 4.59. The van der Waals surface area contributed by atoms with Crippen LogP contribution in [0.25, 0.3) is 0 Å². The molecule has 0 saturated heterocycles. The van der Waals surface area contributed by atoms with E-state index in [2.05, 4.69) is 17.0 Å². The Morgan fingerprint density at radius 3 is 2.80 bits per heavy atom. The number of benzene rings is 1. The van der Waals surface area contributed by atoms with Crippen LogP contribution in [0, 0.1) is 0 Å². The molecule has 0 amide bonds. The minimum atomic E-state index is 0.691. The number of rotatable bonds is 5. The van der Waals surface area contributed by atoms with Crippen LogP contribution < -0.4 is 4.74 Å². The largest absolute Gasteiger partial charge is 0.493 e. The summed E-state index contributed by atoms with van der Waals surface area (Å²) in [5, 5.41) is 6.32. The first kappa shape index (κ1) is 14.1. The lowest BCUT2D eigenvalue weighted by Crippen LogP contribution is -2.18. The average Bonchev–Trinajstić information content (AvgIpc) is 2.97. The van der Waals surface area contributed by atoms with Crippen molar-refractivity contribution in [3.05, 3.63) is 48.5 Å². The SMILES string of the molecule is CCCOc1ccccc1C(=NN(C)C)n1ccnc1. The summed E-state index contributed by atoms with van der Waals surface area (Å²) in [6.07, 6.45) is 6.32. The zero-order valence-electron chi connectivity index (χ0n) is 12.2.